The summed E-state index contributed by atoms with van der Waals surface area (Å²) in [5, 5.41) is 0. The van der Waals surface area contributed by atoms with Crippen LogP contribution in [0.1, 0.15) is 0 Å². The van der Waals surface area contributed by atoms with Crippen LogP contribution in [0.25, 0.3) is 0 Å². The molecule has 0 radical (unpaired) electrons. The van der Waals surface area contributed by atoms with Gasteiger partial charge in [0.2, 0.25) is 0 Å². The lowest BCUT2D eigenvalue weighted by Gasteiger charge is -2.28. The summed E-state index contributed by atoms with van der Waals surface area (Å²) in [7, 11) is -1.84. The Bertz CT molecular complexity index is 127. The molecule has 0 aromatic heterocycles. The van der Waals surface area contributed by atoms with Gasteiger partial charge in [0.15, 0.2) is 0 Å². The van der Waals surface area contributed by atoms with Gasteiger partial charge >= 0.3 is 0 Å². The molecule has 0 bridgehead atoms. The van der Waals surface area contributed by atoms with Gasteiger partial charge in [0.25, 0.3) is 0 Å². The number of hydrogen-bond donors (Lipinski definition) is 0. The van der Waals surface area contributed by atoms with Crippen molar-refractivity contribution in [2.45, 2.75) is 39.3 Å². The van der Waals surface area contributed by atoms with E-state index in [1.807, 2.05) is 0 Å². The van der Waals surface area contributed by atoms with E-state index in [9.17, 15) is 0 Å². The number of rotatable bonds is 2. The van der Waals surface area contributed by atoms with Crippen LogP contribution in [0.5, 0.6) is 0 Å². The second kappa shape index (κ2) is 3.22. The first kappa shape index (κ1) is 11.1. The molecule has 4 heteroatoms. The van der Waals surface area contributed by atoms with E-state index in [1.165, 1.54) is 0 Å². The summed E-state index contributed by atoms with van der Waals surface area (Å²) in [6, 6.07) is 0. The second-order valence-electron chi connectivity index (χ2n) is 4.83. The fourth-order valence-corrected chi connectivity index (χ4v) is 30.4. The zero-order chi connectivity index (χ0) is 8.58. The smallest absolute Gasteiger partial charge is 0.0769 e. The molecular weight excluding hydrogens is 191 g/mol. The van der Waals surface area contributed by atoms with Crippen LogP contribution >= 0.6 is 5.79 Å². The summed E-state index contributed by atoms with van der Waals surface area (Å²) in [5.41, 5.74) is 0. The molecule has 0 saturated heterocycles. The Labute approximate surface area is 72.6 Å². The van der Waals surface area contributed by atoms with E-state index in [4.69, 9.17) is 11.8 Å². The molecule has 0 aromatic rings. The molecule has 0 aliphatic rings. The second-order valence-corrected chi connectivity index (χ2v) is 31.4. The van der Waals surface area contributed by atoms with Gasteiger partial charge in [-0.3, -0.25) is 0 Å². The minimum atomic E-state index is -0.918. The van der Waals surface area contributed by atoms with Gasteiger partial charge in [-0.25, -0.2) is 0 Å². The first-order valence-electron chi connectivity index (χ1n) is 3.70. The Hall–Kier alpha value is 1.08. The molecule has 10 heavy (non-hydrogen) atoms. The van der Waals surface area contributed by atoms with Gasteiger partial charge in [0.1, 0.15) is 0 Å². The summed E-state index contributed by atoms with van der Waals surface area (Å²) in [6.45, 7) is 14.5. The minimum Gasteiger partial charge on any atom is -0.110 e. The number of hydrogen-bond acceptors (Lipinski definition) is 1. The molecule has 0 N–H and O–H groups in total. The van der Waals surface area contributed by atoms with E-state index < -0.39 is 15.5 Å². The van der Waals surface area contributed by atoms with Crippen molar-refractivity contribution in [2.24, 2.45) is 0 Å². The first-order chi connectivity index (χ1) is 4.15. The van der Waals surface area contributed by atoms with E-state index in [0.717, 1.165) is 0 Å². The topological polar surface area (TPSA) is 0 Å². The van der Waals surface area contributed by atoms with Gasteiger partial charge < -0.3 is 0 Å². The summed E-state index contributed by atoms with van der Waals surface area (Å²) in [4.78, 5) is 0. The largest absolute Gasteiger partial charge is 0.110 e. The van der Waals surface area contributed by atoms with E-state index in [-0.39, 0.29) is 5.79 Å². The fraction of sp³-hybridized carbons (Fsp3) is 1.00. The first-order valence-corrected chi connectivity index (χ1v) is 15.3. The van der Waals surface area contributed by atoms with Gasteiger partial charge in [-0.05, 0) is 0 Å². The zero-order valence-corrected chi connectivity index (χ0v) is 11.7. The van der Waals surface area contributed by atoms with Crippen molar-refractivity contribution in [1.82, 2.24) is 0 Å². The SMILES string of the molecule is C[Si](C)(C)[PH](=S)[Si](C)(C)C. The molecular formula is C6H19PSSi2. The van der Waals surface area contributed by atoms with Crippen LogP contribution in [0, 0.1) is 0 Å². The van der Waals surface area contributed by atoms with E-state index in [2.05, 4.69) is 39.3 Å². The standard InChI is InChI=1S/C6H19PSSi2/c1-9(2,3)7(8)10(4,5)6/h7H,1-6H3. The predicted molar refractivity (Wildman–Crippen MR) is 62.4 cm³/mol. The van der Waals surface area contributed by atoms with Crippen molar-refractivity contribution in [2.75, 3.05) is 0 Å². The Morgan fingerprint density at radius 3 is 1.00 bits per heavy atom. The highest BCUT2D eigenvalue weighted by Gasteiger charge is 2.29. The highest BCUT2D eigenvalue weighted by Crippen LogP contribution is 2.44. The molecule has 0 rings (SSSR count). The molecule has 0 fully saturated rings. The summed E-state index contributed by atoms with van der Waals surface area (Å²) >= 11 is 5.64. The Morgan fingerprint density at radius 1 is 0.800 bits per heavy atom. The van der Waals surface area contributed by atoms with Crippen LogP contribution in [0.15, 0.2) is 0 Å². The van der Waals surface area contributed by atoms with Gasteiger partial charge in [0, 0.05) is 0 Å². The average Bonchev–Trinajstić information content (AvgIpc) is 1.59. The quantitative estimate of drug-likeness (QED) is 0.498. The summed E-state index contributed by atoms with van der Waals surface area (Å²) < 4.78 is 0. The molecule has 0 heterocycles. The average molecular weight is 210 g/mol. The molecule has 0 unspecified atom stereocenters. The third kappa shape index (κ3) is 3.47. The zero-order valence-electron chi connectivity index (χ0n) is 7.91. The maximum absolute atomic E-state index is 5.64. The fourth-order valence-electron chi connectivity index (χ4n) is 1.12. The normalized spacial score (nSPS) is 14.3. The van der Waals surface area contributed by atoms with Crippen LogP contribution in [0.4, 0.5) is 0 Å². The third-order valence-electron chi connectivity index (χ3n) is 1.36. The van der Waals surface area contributed by atoms with Gasteiger partial charge in [-0.15, -0.1) is 11.8 Å². The molecule has 0 aliphatic heterocycles. The lowest BCUT2D eigenvalue weighted by atomic mass is 11.8. The van der Waals surface area contributed by atoms with Crippen LogP contribution in [0.2, 0.25) is 39.3 Å². The molecule has 0 aromatic carbocycles. The summed E-state index contributed by atoms with van der Waals surface area (Å²) in [5.74, 6) is -0.360. The van der Waals surface area contributed by atoms with Gasteiger partial charge in [-0.1, -0.05) is 45.1 Å². The Kier molecular flexibility index (Phi) is 3.57. The van der Waals surface area contributed by atoms with E-state index in [1.54, 1.807) is 0 Å². The van der Waals surface area contributed by atoms with Crippen molar-refractivity contribution in [3.63, 3.8) is 0 Å². The highest BCUT2D eigenvalue weighted by molar-refractivity contribution is 8.37. The Balaban J connectivity index is 4.40. The monoisotopic (exact) mass is 210 g/mol. The van der Waals surface area contributed by atoms with E-state index in [0.29, 0.717) is 0 Å². The van der Waals surface area contributed by atoms with Crippen LogP contribution in [0.3, 0.4) is 0 Å². The van der Waals surface area contributed by atoms with E-state index >= 15 is 0 Å². The predicted octanol–water partition coefficient (Wildman–Crippen LogP) is 3.33. The lowest BCUT2D eigenvalue weighted by molar-refractivity contribution is 1.84. The maximum atomic E-state index is 5.64. The third-order valence-corrected chi connectivity index (χ3v) is 36.8. The lowest BCUT2D eigenvalue weighted by Crippen LogP contribution is -2.27. The molecule has 0 spiro atoms. The van der Waals surface area contributed by atoms with Crippen molar-refractivity contribution in [3.8, 4) is 0 Å². The van der Waals surface area contributed by atoms with Crippen molar-refractivity contribution < 1.29 is 0 Å². The molecule has 0 amide bonds. The van der Waals surface area contributed by atoms with Gasteiger partial charge in [0.05, 0.1) is 15.5 Å². The van der Waals surface area contributed by atoms with Crippen molar-refractivity contribution in [3.05, 3.63) is 0 Å². The van der Waals surface area contributed by atoms with Crippen LogP contribution in [-0.2, 0) is 11.8 Å². The molecule has 0 nitrogen and oxygen atoms in total. The van der Waals surface area contributed by atoms with Gasteiger partial charge in [-0.2, -0.15) is 0 Å². The highest BCUT2D eigenvalue weighted by atomic mass is 32.5. The molecule has 0 aliphatic carbocycles. The molecule has 62 valence electrons. The van der Waals surface area contributed by atoms with Crippen LogP contribution < -0.4 is 0 Å². The van der Waals surface area contributed by atoms with Crippen LogP contribution in [-0.4, -0.2) is 15.5 Å². The molecule has 0 saturated carbocycles. The Morgan fingerprint density at radius 2 is 1.00 bits per heavy atom. The summed E-state index contributed by atoms with van der Waals surface area (Å²) in [6.07, 6.45) is 0. The van der Waals surface area contributed by atoms with Crippen molar-refractivity contribution >= 4 is 33.1 Å². The minimum absolute atomic E-state index is 0.360. The maximum Gasteiger partial charge on any atom is 0.0769 e. The molecule has 0 atom stereocenters. The van der Waals surface area contributed by atoms with Crippen molar-refractivity contribution in [1.29, 1.82) is 0 Å².